The molecule has 0 fully saturated rings. The van der Waals surface area contributed by atoms with E-state index in [0.29, 0.717) is 16.7 Å². The number of benzene rings is 2. The minimum Gasteiger partial charge on any atom is -0.335 e. The van der Waals surface area contributed by atoms with Gasteiger partial charge in [0.1, 0.15) is 6.54 Å². The maximum atomic E-state index is 12.7. The minimum absolute atomic E-state index is 0.0237. The lowest BCUT2D eigenvalue weighted by Gasteiger charge is -2.19. The van der Waals surface area contributed by atoms with Crippen LogP contribution in [0.5, 0.6) is 0 Å². The van der Waals surface area contributed by atoms with Gasteiger partial charge in [-0.25, -0.2) is 4.68 Å². The Morgan fingerprint density at radius 2 is 1.80 bits per heavy atom. The highest BCUT2D eigenvalue weighted by atomic mass is 32.2. The maximum absolute atomic E-state index is 12.7. The van der Waals surface area contributed by atoms with Gasteiger partial charge in [-0.2, -0.15) is 5.26 Å². The average molecular weight is 421 g/mol. The van der Waals surface area contributed by atoms with Gasteiger partial charge in [-0.05, 0) is 23.1 Å². The lowest BCUT2D eigenvalue weighted by atomic mass is 9.87. The Morgan fingerprint density at radius 1 is 1.13 bits per heavy atom. The molecule has 1 heterocycles. The van der Waals surface area contributed by atoms with E-state index in [1.54, 1.807) is 12.1 Å². The van der Waals surface area contributed by atoms with Crippen molar-refractivity contribution < 1.29 is 4.79 Å². The van der Waals surface area contributed by atoms with Crippen molar-refractivity contribution in [3.05, 3.63) is 60.2 Å². The predicted octanol–water partition coefficient (Wildman–Crippen LogP) is 3.61. The summed E-state index contributed by atoms with van der Waals surface area (Å²) in [5.74, 6) is 6.60. The molecule has 2 aromatic carbocycles. The van der Waals surface area contributed by atoms with Gasteiger partial charge in [0.25, 0.3) is 0 Å². The fourth-order valence-electron chi connectivity index (χ4n) is 2.90. The van der Waals surface area contributed by atoms with Gasteiger partial charge in [-0.1, -0.05) is 75.0 Å². The molecule has 0 atom stereocenters. The number of nitrogen functional groups attached to an aromatic ring is 1. The van der Waals surface area contributed by atoms with E-state index < -0.39 is 0 Å². The summed E-state index contributed by atoms with van der Waals surface area (Å²) in [6.45, 7) is 6.45. The van der Waals surface area contributed by atoms with Crippen molar-refractivity contribution in [2.45, 2.75) is 31.3 Å². The van der Waals surface area contributed by atoms with Gasteiger partial charge < -0.3 is 5.84 Å². The van der Waals surface area contributed by atoms with E-state index in [4.69, 9.17) is 11.1 Å². The number of hydrogen-bond acceptors (Lipinski definition) is 6. The summed E-state index contributed by atoms with van der Waals surface area (Å²) in [6, 6.07) is 19.2. The number of nitrogens with zero attached hydrogens (tertiary/aromatic N) is 5. The first kappa shape index (κ1) is 21.4. The molecule has 2 N–H and O–H groups in total. The van der Waals surface area contributed by atoms with E-state index in [0.717, 1.165) is 5.56 Å². The Balaban J connectivity index is 1.72. The van der Waals surface area contributed by atoms with Crippen molar-refractivity contribution in [3.8, 4) is 17.5 Å². The van der Waals surface area contributed by atoms with Crippen LogP contribution in [-0.2, 0) is 10.2 Å². The van der Waals surface area contributed by atoms with Gasteiger partial charge in [-0.3, -0.25) is 9.69 Å². The second-order valence-corrected chi connectivity index (χ2v) is 8.71. The summed E-state index contributed by atoms with van der Waals surface area (Å²) in [5, 5.41) is 17.8. The summed E-state index contributed by atoms with van der Waals surface area (Å²) in [5.41, 5.74) is 2.81. The Morgan fingerprint density at radius 3 is 2.40 bits per heavy atom. The molecule has 3 rings (SSSR count). The number of aromatic nitrogens is 3. The van der Waals surface area contributed by atoms with Crippen LogP contribution in [0.1, 0.15) is 26.3 Å². The highest BCUT2D eigenvalue weighted by molar-refractivity contribution is 7.99. The topological polar surface area (TPSA) is 101 Å². The third kappa shape index (κ3) is 4.81. The Bertz CT molecular complexity index is 1050. The van der Waals surface area contributed by atoms with Crippen molar-refractivity contribution in [3.63, 3.8) is 0 Å². The molecule has 3 aromatic rings. The summed E-state index contributed by atoms with van der Waals surface area (Å²) in [7, 11) is 0. The number of nitriles is 1. The lowest BCUT2D eigenvalue weighted by Crippen LogP contribution is -2.32. The largest absolute Gasteiger partial charge is 0.335 e. The number of hydrogen-bond donors (Lipinski definition) is 1. The Kier molecular flexibility index (Phi) is 6.43. The standard InChI is InChI=1S/C22H24N6OS/c1-22(2,3)17-11-9-16(10-12-17)20-25-26-21(28(20)24)30-15-19(29)27(14-13-23)18-7-5-4-6-8-18/h4-12H,14-15,24H2,1-3H3. The normalized spacial score (nSPS) is 11.1. The summed E-state index contributed by atoms with van der Waals surface area (Å²) in [4.78, 5) is 14.1. The number of thioether (sulfide) groups is 1. The van der Waals surface area contributed by atoms with E-state index in [1.165, 1.54) is 26.9 Å². The molecule has 0 unspecified atom stereocenters. The van der Waals surface area contributed by atoms with Crippen molar-refractivity contribution >= 4 is 23.4 Å². The van der Waals surface area contributed by atoms with Gasteiger partial charge in [0.15, 0.2) is 5.82 Å². The quantitative estimate of drug-likeness (QED) is 0.371. The van der Waals surface area contributed by atoms with Crippen LogP contribution in [0, 0.1) is 11.3 Å². The van der Waals surface area contributed by atoms with Crippen molar-refractivity contribution in [2.24, 2.45) is 0 Å². The monoisotopic (exact) mass is 420 g/mol. The fraction of sp³-hybridized carbons (Fsp3) is 0.273. The molecular weight excluding hydrogens is 396 g/mol. The molecule has 0 bridgehead atoms. The smallest absolute Gasteiger partial charge is 0.238 e. The first-order valence-corrected chi connectivity index (χ1v) is 10.5. The predicted molar refractivity (Wildman–Crippen MR) is 119 cm³/mol. The van der Waals surface area contributed by atoms with Crippen LogP contribution in [0.15, 0.2) is 59.8 Å². The van der Waals surface area contributed by atoms with Crippen LogP contribution in [0.2, 0.25) is 0 Å². The van der Waals surface area contributed by atoms with Crippen molar-refractivity contribution in [1.82, 2.24) is 14.9 Å². The molecule has 0 saturated carbocycles. The molecule has 154 valence electrons. The van der Waals surface area contributed by atoms with Crippen LogP contribution in [0.4, 0.5) is 5.69 Å². The zero-order chi connectivity index (χ0) is 21.7. The van der Waals surface area contributed by atoms with Crippen molar-refractivity contribution in [1.29, 1.82) is 5.26 Å². The SMILES string of the molecule is CC(C)(C)c1ccc(-c2nnc(SCC(=O)N(CC#N)c3ccccc3)n2N)cc1. The third-order valence-electron chi connectivity index (χ3n) is 4.60. The molecule has 1 amide bonds. The Hall–Kier alpha value is -3.31. The van der Waals surface area contributed by atoms with Crippen LogP contribution in [-0.4, -0.2) is 33.1 Å². The van der Waals surface area contributed by atoms with Gasteiger partial charge in [0, 0.05) is 11.3 Å². The number of carbonyl (C=O) groups excluding carboxylic acids is 1. The van der Waals surface area contributed by atoms with Crippen molar-refractivity contribution in [2.75, 3.05) is 23.0 Å². The zero-order valence-corrected chi connectivity index (χ0v) is 18.1. The summed E-state index contributed by atoms with van der Waals surface area (Å²) in [6.07, 6.45) is 0. The number of nitrogens with two attached hydrogens (primary N) is 1. The summed E-state index contributed by atoms with van der Waals surface area (Å²) < 4.78 is 1.39. The second-order valence-electron chi connectivity index (χ2n) is 7.77. The molecule has 1 aromatic heterocycles. The molecule has 0 radical (unpaired) electrons. The molecule has 30 heavy (non-hydrogen) atoms. The lowest BCUT2D eigenvalue weighted by molar-refractivity contribution is -0.116. The van der Waals surface area contributed by atoms with E-state index in [2.05, 4.69) is 43.1 Å². The molecule has 0 aliphatic heterocycles. The van der Waals surface area contributed by atoms with Crippen LogP contribution < -0.4 is 10.7 Å². The summed E-state index contributed by atoms with van der Waals surface area (Å²) >= 11 is 1.19. The van der Waals surface area contributed by atoms with E-state index in [9.17, 15) is 4.79 Å². The molecule has 8 heteroatoms. The molecular formula is C22H24N6OS. The Labute approximate surface area is 180 Å². The number of para-hydroxylation sites is 1. The highest BCUT2D eigenvalue weighted by Gasteiger charge is 2.19. The highest BCUT2D eigenvalue weighted by Crippen LogP contribution is 2.27. The molecule has 0 aliphatic rings. The second kappa shape index (κ2) is 9.01. The maximum Gasteiger partial charge on any atom is 0.238 e. The first-order chi connectivity index (χ1) is 14.3. The van der Waals surface area contributed by atoms with E-state index in [1.807, 2.05) is 36.4 Å². The average Bonchev–Trinajstić information content (AvgIpc) is 3.10. The van der Waals surface area contributed by atoms with Crippen LogP contribution in [0.3, 0.4) is 0 Å². The van der Waals surface area contributed by atoms with E-state index in [-0.39, 0.29) is 23.6 Å². The molecule has 0 spiro atoms. The zero-order valence-electron chi connectivity index (χ0n) is 17.2. The van der Waals surface area contributed by atoms with Gasteiger partial charge >= 0.3 is 0 Å². The van der Waals surface area contributed by atoms with Gasteiger partial charge in [0.2, 0.25) is 11.1 Å². The van der Waals surface area contributed by atoms with Crippen LogP contribution in [0.25, 0.3) is 11.4 Å². The third-order valence-corrected chi connectivity index (χ3v) is 5.52. The minimum atomic E-state index is -0.202. The number of anilines is 1. The first-order valence-electron chi connectivity index (χ1n) is 9.48. The molecule has 7 nitrogen and oxygen atoms in total. The molecule has 0 aliphatic carbocycles. The fourth-order valence-corrected chi connectivity index (χ4v) is 3.63. The van der Waals surface area contributed by atoms with Gasteiger partial charge in [0.05, 0.1) is 11.8 Å². The molecule has 0 saturated heterocycles. The van der Waals surface area contributed by atoms with E-state index >= 15 is 0 Å². The van der Waals surface area contributed by atoms with Gasteiger partial charge in [-0.15, -0.1) is 10.2 Å². The number of rotatable bonds is 6. The number of amides is 1. The van der Waals surface area contributed by atoms with Crippen LogP contribution >= 0.6 is 11.8 Å². The number of carbonyl (C=O) groups is 1.